The normalized spacial score (nSPS) is 10.3. The van der Waals surface area contributed by atoms with E-state index in [1.807, 2.05) is 24.3 Å². The van der Waals surface area contributed by atoms with E-state index in [4.69, 9.17) is 5.73 Å². The highest BCUT2D eigenvalue weighted by Crippen LogP contribution is 2.16. The minimum Gasteiger partial charge on any atom is -0.392 e. The van der Waals surface area contributed by atoms with Gasteiger partial charge in [-0.2, -0.15) is 0 Å². The van der Waals surface area contributed by atoms with Gasteiger partial charge in [-0.25, -0.2) is 0 Å². The topological polar surface area (TPSA) is 75.4 Å². The zero-order valence-electron chi connectivity index (χ0n) is 11.2. The Kier molecular flexibility index (Phi) is 4.87. The lowest BCUT2D eigenvalue weighted by Crippen LogP contribution is -2.13. The molecule has 4 heteroatoms. The van der Waals surface area contributed by atoms with Crippen molar-refractivity contribution in [1.29, 1.82) is 0 Å². The third kappa shape index (κ3) is 3.44. The quantitative estimate of drug-likeness (QED) is 0.777. The summed E-state index contributed by atoms with van der Waals surface area (Å²) >= 11 is 0. The first kappa shape index (κ1) is 14.2. The van der Waals surface area contributed by atoms with Crippen LogP contribution in [0, 0.1) is 0 Å². The second kappa shape index (κ2) is 6.84. The van der Waals surface area contributed by atoms with Crippen molar-refractivity contribution in [3.05, 3.63) is 65.2 Å². The molecule has 4 N–H and O–H groups in total. The standard InChI is InChI=1S/C16H18N2O2/c17-10-9-12-5-7-13(8-6-12)16(20)18-15-4-2-1-3-14(15)11-19/h1-8,19H,9-11,17H2,(H,18,20). The van der Waals surface area contributed by atoms with E-state index in [0.29, 0.717) is 23.4 Å². The van der Waals surface area contributed by atoms with Crippen molar-refractivity contribution in [3.8, 4) is 0 Å². The van der Waals surface area contributed by atoms with Crippen LogP contribution in [0.25, 0.3) is 0 Å². The number of aliphatic hydroxyl groups excluding tert-OH is 1. The summed E-state index contributed by atoms with van der Waals surface area (Å²) in [6.45, 7) is 0.487. The van der Waals surface area contributed by atoms with Crippen molar-refractivity contribution in [2.75, 3.05) is 11.9 Å². The number of carbonyl (C=O) groups is 1. The van der Waals surface area contributed by atoms with Gasteiger partial charge >= 0.3 is 0 Å². The number of amides is 1. The summed E-state index contributed by atoms with van der Waals surface area (Å²) in [6.07, 6.45) is 0.801. The lowest BCUT2D eigenvalue weighted by atomic mass is 10.1. The van der Waals surface area contributed by atoms with Gasteiger partial charge in [-0.15, -0.1) is 0 Å². The molecule has 1 amide bonds. The van der Waals surface area contributed by atoms with Crippen molar-refractivity contribution >= 4 is 11.6 Å². The molecule has 20 heavy (non-hydrogen) atoms. The van der Waals surface area contributed by atoms with Gasteiger partial charge in [0.15, 0.2) is 0 Å². The molecule has 0 saturated heterocycles. The van der Waals surface area contributed by atoms with Gasteiger partial charge in [-0.1, -0.05) is 30.3 Å². The van der Waals surface area contributed by atoms with Crippen LogP contribution in [0.3, 0.4) is 0 Å². The fourth-order valence-corrected chi connectivity index (χ4v) is 1.96. The van der Waals surface area contributed by atoms with Crippen molar-refractivity contribution in [2.45, 2.75) is 13.0 Å². The fourth-order valence-electron chi connectivity index (χ4n) is 1.96. The van der Waals surface area contributed by atoms with Gasteiger partial charge in [0.1, 0.15) is 0 Å². The minimum absolute atomic E-state index is 0.105. The maximum absolute atomic E-state index is 12.1. The number of anilines is 1. The second-order valence-electron chi connectivity index (χ2n) is 4.50. The Hall–Kier alpha value is -2.17. The molecule has 0 aromatic heterocycles. The van der Waals surface area contributed by atoms with Gasteiger partial charge in [0.25, 0.3) is 5.91 Å². The average Bonchev–Trinajstić information content (AvgIpc) is 2.49. The molecule has 0 atom stereocenters. The van der Waals surface area contributed by atoms with E-state index >= 15 is 0 Å². The van der Waals surface area contributed by atoms with E-state index in [0.717, 1.165) is 12.0 Å². The summed E-state index contributed by atoms with van der Waals surface area (Å²) in [5.74, 6) is -0.190. The number of nitrogens with two attached hydrogens (primary N) is 1. The van der Waals surface area contributed by atoms with Gasteiger partial charge in [0.2, 0.25) is 0 Å². The number of hydrogen-bond acceptors (Lipinski definition) is 3. The van der Waals surface area contributed by atoms with Crippen molar-refractivity contribution < 1.29 is 9.90 Å². The smallest absolute Gasteiger partial charge is 0.255 e. The molecule has 0 saturated carbocycles. The fraction of sp³-hybridized carbons (Fsp3) is 0.188. The third-order valence-corrected chi connectivity index (χ3v) is 3.09. The molecule has 2 aromatic rings. The molecular formula is C16H18N2O2. The lowest BCUT2D eigenvalue weighted by Gasteiger charge is -2.09. The van der Waals surface area contributed by atoms with E-state index in [1.165, 1.54) is 0 Å². The number of carbonyl (C=O) groups excluding carboxylic acids is 1. The number of hydrogen-bond donors (Lipinski definition) is 3. The predicted molar refractivity (Wildman–Crippen MR) is 79.5 cm³/mol. The number of benzene rings is 2. The van der Waals surface area contributed by atoms with Crippen molar-refractivity contribution in [1.82, 2.24) is 0 Å². The first-order valence-corrected chi connectivity index (χ1v) is 6.53. The minimum atomic E-state index is -0.190. The third-order valence-electron chi connectivity index (χ3n) is 3.09. The molecule has 0 unspecified atom stereocenters. The molecule has 104 valence electrons. The Bertz CT molecular complexity index is 579. The van der Waals surface area contributed by atoms with Gasteiger partial charge in [0, 0.05) is 16.8 Å². The van der Waals surface area contributed by atoms with Gasteiger partial charge in [0.05, 0.1) is 6.61 Å². The Morgan fingerprint density at radius 1 is 1.10 bits per heavy atom. The van der Waals surface area contributed by atoms with Crippen LogP contribution >= 0.6 is 0 Å². The Labute approximate surface area is 118 Å². The zero-order chi connectivity index (χ0) is 14.4. The van der Waals surface area contributed by atoms with Crippen LogP contribution in [0.15, 0.2) is 48.5 Å². The molecule has 2 aromatic carbocycles. The van der Waals surface area contributed by atoms with E-state index in [9.17, 15) is 9.90 Å². The molecule has 2 rings (SSSR count). The van der Waals surface area contributed by atoms with Crippen molar-refractivity contribution in [2.24, 2.45) is 5.73 Å². The summed E-state index contributed by atoms with van der Waals surface area (Å²) in [7, 11) is 0. The molecule has 0 aliphatic heterocycles. The first-order valence-electron chi connectivity index (χ1n) is 6.53. The summed E-state index contributed by atoms with van der Waals surface area (Å²) < 4.78 is 0. The Morgan fingerprint density at radius 2 is 1.80 bits per heavy atom. The van der Waals surface area contributed by atoms with E-state index in [2.05, 4.69) is 5.32 Å². The molecule has 0 aliphatic rings. The number of nitrogens with one attached hydrogen (secondary N) is 1. The van der Waals surface area contributed by atoms with Crippen LogP contribution in [0.4, 0.5) is 5.69 Å². The number of para-hydroxylation sites is 1. The number of rotatable bonds is 5. The summed E-state index contributed by atoms with van der Waals surface area (Å²) in [6, 6.07) is 14.6. The highest BCUT2D eigenvalue weighted by atomic mass is 16.3. The average molecular weight is 270 g/mol. The van der Waals surface area contributed by atoms with Crippen LogP contribution in [0.2, 0.25) is 0 Å². The largest absolute Gasteiger partial charge is 0.392 e. The maximum Gasteiger partial charge on any atom is 0.255 e. The highest BCUT2D eigenvalue weighted by Gasteiger charge is 2.08. The molecule has 0 radical (unpaired) electrons. The zero-order valence-corrected chi connectivity index (χ0v) is 11.2. The number of aliphatic hydroxyl groups is 1. The lowest BCUT2D eigenvalue weighted by molar-refractivity contribution is 0.102. The SMILES string of the molecule is NCCc1ccc(C(=O)Nc2ccccc2CO)cc1. The highest BCUT2D eigenvalue weighted by molar-refractivity contribution is 6.04. The monoisotopic (exact) mass is 270 g/mol. The second-order valence-corrected chi connectivity index (χ2v) is 4.50. The van der Waals surface area contributed by atoms with Gasteiger partial charge in [-0.05, 0) is 36.7 Å². The van der Waals surface area contributed by atoms with Crippen LogP contribution in [0.5, 0.6) is 0 Å². The Balaban J connectivity index is 2.11. The van der Waals surface area contributed by atoms with E-state index in [-0.39, 0.29) is 12.5 Å². The van der Waals surface area contributed by atoms with Crippen LogP contribution < -0.4 is 11.1 Å². The molecular weight excluding hydrogens is 252 g/mol. The van der Waals surface area contributed by atoms with Gasteiger partial charge in [-0.3, -0.25) is 4.79 Å². The molecule has 0 spiro atoms. The Morgan fingerprint density at radius 3 is 2.45 bits per heavy atom. The van der Waals surface area contributed by atoms with Gasteiger partial charge < -0.3 is 16.2 Å². The molecule has 4 nitrogen and oxygen atoms in total. The van der Waals surface area contributed by atoms with Crippen LogP contribution in [-0.2, 0) is 13.0 Å². The van der Waals surface area contributed by atoms with Crippen molar-refractivity contribution in [3.63, 3.8) is 0 Å². The van der Waals surface area contributed by atoms with Crippen LogP contribution in [-0.4, -0.2) is 17.6 Å². The van der Waals surface area contributed by atoms with E-state index in [1.54, 1.807) is 24.3 Å². The molecule has 0 aliphatic carbocycles. The predicted octanol–water partition coefficient (Wildman–Crippen LogP) is 1.93. The maximum atomic E-state index is 12.1. The first-order chi connectivity index (χ1) is 9.74. The van der Waals surface area contributed by atoms with Crippen LogP contribution in [0.1, 0.15) is 21.5 Å². The molecule has 0 fully saturated rings. The molecule has 0 heterocycles. The summed E-state index contributed by atoms with van der Waals surface area (Å²) in [5.41, 5.74) is 8.51. The van der Waals surface area contributed by atoms with E-state index < -0.39 is 0 Å². The summed E-state index contributed by atoms with van der Waals surface area (Å²) in [5, 5.41) is 12.0. The molecule has 0 bridgehead atoms. The summed E-state index contributed by atoms with van der Waals surface area (Å²) in [4.78, 5) is 12.1.